The Labute approximate surface area is 121 Å². The first-order valence-electron chi connectivity index (χ1n) is 5.32. The molecule has 0 aliphatic carbocycles. The molecule has 0 aromatic heterocycles. The Kier molecular flexibility index (Phi) is 4.28. The number of halogens is 3. The molecule has 0 saturated carbocycles. The second-order valence-corrected chi connectivity index (χ2v) is 5.08. The molecule has 0 radical (unpaired) electrons. The van der Waals surface area contributed by atoms with E-state index in [1.54, 1.807) is 30.5 Å². The summed E-state index contributed by atoms with van der Waals surface area (Å²) >= 11 is 18.1. The van der Waals surface area contributed by atoms with Gasteiger partial charge in [-0.3, -0.25) is 4.99 Å². The van der Waals surface area contributed by atoms with Crippen LogP contribution in [-0.4, -0.2) is 6.21 Å². The molecule has 0 heterocycles. The summed E-state index contributed by atoms with van der Waals surface area (Å²) in [5, 5.41) is 1.80. The molecule has 18 heavy (non-hydrogen) atoms. The van der Waals surface area contributed by atoms with Crippen LogP contribution >= 0.6 is 34.8 Å². The third-order valence-electron chi connectivity index (χ3n) is 2.50. The van der Waals surface area contributed by atoms with Crippen LogP contribution in [0.25, 0.3) is 0 Å². The molecule has 0 bridgehead atoms. The number of hydrogen-bond acceptors (Lipinski definition) is 1. The van der Waals surface area contributed by atoms with E-state index in [4.69, 9.17) is 34.8 Å². The van der Waals surface area contributed by atoms with Gasteiger partial charge in [0.2, 0.25) is 0 Å². The molecule has 4 heteroatoms. The highest BCUT2D eigenvalue weighted by atomic mass is 35.5. The van der Waals surface area contributed by atoms with E-state index in [0.717, 1.165) is 11.3 Å². The van der Waals surface area contributed by atoms with Crippen LogP contribution in [0.5, 0.6) is 0 Å². The Hall–Kier alpha value is -1.02. The van der Waals surface area contributed by atoms with Crippen LogP contribution in [-0.2, 0) is 0 Å². The van der Waals surface area contributed by atoms with Crippen molar-refractivity contribution in [2.45, 2.75) is 6.92 Å². The van der Waals surface area contributed by atoms with Crippen LogP contribution in [0.1, 0.15) is 11.1 Å². The van der Waals surface area contributed by atoms with Crippen LogP contribution in [0.15, 0.2) is 41.4 Å². The van der Waals surface area contributed by atoms with E-state index in [9.17, 15) is 0 Å². The van der Waals surface area contributed by atoms with Crippen molar-refractivity contribution in [1.29, 1.82) is 0 Å². The molecule has 2 aromatic carbocycles. The minimum Gasteiger partial charge on any atom is -0.256 e. The highest BCUT2D eigenvalue weighted by Crippen LogP contribution is 2.26. The highest BCUT2D eigenvalue weighted by molar-refractivity contribution is 6.38. The maximum absolute atomic E-state index is 6.07. The van der Waals surface area contributed by atoms with Crippen molar-refractivity contribution in [2.75, 3.05) is 0 Å². The topological polar surface area (TPSA) is 12.4 Å². The van der Waals surface area contributed by atoms with Crippen molar-refractivity contribution < 1.29 is 0 Å². The molecular weight excluding hydrogens is 289 g/mol. The molecule has 0 amide bonds. The molecule has 2 rings (SSSR count). The Morgan fingerprint density at radius 2 is 1.67 bits per heavy atom. The van der Waals surface area contributed by atoms with Gasteiger partial charge >= 0.3 is 0 Å². The molecular formula is C14H10Cl3N. The third-order valence-corrected chi connectivity index (χ3v) is 3.40. The van der Waals surface area contributed by atoms with Gasteiger partial charge in [0, 0.05) is 16.8 Å². The lowest BCUT2D eigenvalue weighted by Gasteiger charge is -2.02. The van der Waals surface area contributed by atoms with E-state index in [0.29, 0.717) is 20.6 Å². The summed E-state index contributed by atoms with van der Waals surface area (Å²) in [6, 6.07) is 10.9. The second kappa shape index (κ2) is 5.75. The van der Waals surface area contributed by atoms with E-state index < -0.39 is 0 Å². The Morgan fingerprint density at radius 1 is 1.00 bits per heavy atom. The van der Waals surface area contributed by atoms with Gasteiger partial charge in [-0.05, 0) is 36.8 Å². The standard InChI is InChI=1S/C14H10Cl3N/c1-9-5-6-10(15)7-14(9)18-8-11-12(16)3-2-4-13(11)17/h2-8H,1H3. The average molecular weight is 299 g/mol. The molecule has 0 spiro atoms. The van der Waals surface area contributed by atoms with Crippen LogP contribution in [0.3, 0.4) is 0 Å². The normalized spacial score (nSPS) is 11.1. The second-order valence-electron chi connectivity index (χ2n) is 3.82. The number of nitrogens with zero attached hydrogens (tertiary/aromatic N) is 1. The van der Waals surface area contributed by atoms with Gasteiger partial charge in [0.25, 0.3) is 0 Å². The maximum atomic E-state index is 6.07. The lowest BCUT2D eigenvalue weighted by Crippen LogP contribution is -1.85. The number of hydrogen-bond donors (Lipinski definition) is 0. The number of aliphatic imine (C=N–C) groups is 1. The fourth-order valence-corrected chi connectivity index (χ4v) is 2.15. The van der Waals surface area contributed by atoms with Gasteiger partial charge in [0.05, 0.1) is 15.7 Å². The molecule has 0 aliphatic rings. The summed E-state index contributed by atoms with van der Waals surface area (Å²) in [7, 11) is 0. The first-order valence-corrected chi connectivity index (χ1v) is 6.45. The van der Waals surface area contributed by atoms with Crippen molar-refractivity contribution in [3.8, 4) is 0 Å². The van der Waals surface area contributed by atoms with Gasteiger partial charge in [-0.2, -0.15) is 0 Å². The first kappa shape index (κ1) is 13.4. The minimum atomic E-state index is 0.575. The zero-order valence-corrected chi connectivity index (χ0v) is 11.9. The number of benzene rings is 2. The fourth-order valence-electron chi connectivity index (χ4n) is 1.49. The van der Waals surface area contributed by atoms with Crippen LogP contribution in [0.2, 0.25) is 15.1 Å². The molecule has 0 saturated heterocycles. The van der Waals surface area contributed by atoms with Crippen molar-refractivity contribution in [3.05, 3.63) is 62.6 Å². The monoisotopic (exact) mass is 297 g/mol. The van der Waals surface area contributed by atoms with Gasteiger partial charge in [-0.15, -0.1) is 0 Å². The maximum Gasteiger partial charge on any atom is 0.0673 e. The van der Waals surface area contributed by atoms with Gasteiger partial charge in [0.15, 0.2) is 0 Å². The molecule has 1 nitrogen and oxygen atoms in total. The first-order chi connectivity index (χ1) is 8.58. The summed E-state index contributed by atoms with van der Waals surface area (Å²) in [5.74, 6) is 0. The van der Waals surface area contributed by atoms with Crippen molar-refractivity contribution >= 4 is 46.7 Å². The largest absolute Gasteiger partial charge is 0.256 e. The lowest BCUT2D eigenvalue weighted by atomic mass is 10.2. The van der Waals surface area contributed by atoms with E-state index >= 15 is 0 Å². The third kappa shape index (κ3) is 3.05. The van der Waals surface area contributed by atoms with Gasteiger partial charge in [-0.25, -0.2) is 0 Å². The van der Waals surface area contributed by atoms with Crippen LogP contribution < -0.4 is 0 Å². The van der Waals surface area contributed by atoms with Crippen molar-refractivity contribution in [2.24, 2.45) is 4.99 Å². The number of aryl methyl sites for hydroxylation is 1. The summed E-state index contributed by atoms with van der Waals surface area (Å²) in [6.45, 7) is 1.97. The molecule has 0 N–H and O–H groups in total. The lowest BCUT2D eigenvalue weighted by molar-refractivity contribution is 1.40. The van der Waals surface area contributed by atoms with Gasteiger partial charge in [0.1, 0.15) is 0 Å². The summed E-state index contributed by atoms with van der Waals surface area (Å²) in [4.78, 5) is 4.38. The fraction of sp³-hybridized carbons (Fsp3) is 0.0714. The van der Waals surface area contributed by atoms with Gasteiger partial charge < -0.3 is 0 Å². The molecule has 0 unspecified atom stereocenters. The number of rotatable bonds is 2. The average Bonchev–Trinajstić information content (AvgIpc) is 2.33. The van der Waals surface area contributed by atoms with Crippen LogP contribution in [0.4, 0.5) is 5.69 Å². The summed E-state index contributed by atoms with van der Waals surface area (Å²) in [6.07, 6.45) is 1.66. The zero-order valence-electron chi connectivity index (χ0n) is 9.62. The van der Waals surface area contributed by atoms with Crippen LogP contribution in [0, 0.1) is 6.92 Å². The molecule has 0 atom stereocenters. The smallest absolute Gasteiger partial charge is 0.0673 e. The predicted octanol–water partition coefficient (Wildman–Crippen LogP) is 5.71. The van der Waals surface area contributed by atoms with E-state index in [-0.39, 0.29) is 0 Å². The highest BCUT2D eigenvalue weighted by Gasteiger charge is 2.03. The Balaban J connectivity index is 2.39. The molecule has 0 fully saturated rings. The summed E-state index contributed by atoms with van der Waals surface area (Å²) < 4.78 is 0. The van der Waals surface area contributed by atoms with E-state index in [2.05, 4.69) is 4.99 Å². The zero-order chi connectivity index (χ0) is 13.1. The quantitative estimate of drug-likeness (QED) is 0.630. The molecule has 92 valence electrons. The predicted molar refractivity (Wildman–Crippen MR) is 79.9 cm³/mol. The van der Waals surface area contributed by atoms with E-state index in [1.165, 1.54) is 0 Å². The summed E-state index contributed by atoms with van der Waals surface area (Å²) in [5.41, 5.74) is 2.55. The van der Waals surface area contributed by atoms with Crippen molar-refractivity contribution in [3.63, 3.8) is 0 Å². The van der Waals surface area contributed by atoms with E-state index in [1.807, 2.05) is 19.1 Å². The van der Waals surface area contributed by atoms with Crippen molar-refractivity contribution in [1.82, 2.24) is 0 Å². The van der Waals surface area contributed by atoms with Gasteiger partial charge in [-0.1, -0.05) is 46.9 Å². The molecule has 2 aromatic rings. The SMILES string of the molecule is Cc1ccc(Cl)cc1N=Cc1c(Cl)cccc1Cl. The Bertz CT molecular complexity index is 586. The Morgan fingerprint density at radius 3 is 2.33 bits per heavy atom. The molecule has 0 aliphatic heterocycles. The minimum absolute atomic E-state index is 0.575.